The van der Waals surface area contributed by atoms with Crippen molar-refractivity contribution in [1.82, 2.24) is 0 Å². The molecule has 0 unspecified atom stereocenters. The quantitative estimate of drug-likeness (QED) is 0.763. The average molecular weight is 406 g/mol. The van der Waals surface area contributed by atoms with Gasteiger partial charge in [0.25, 0.3) is 0 Å². The summed E-state index contributed by atoms with van der Waals surface area (Å²) in [5.74, 6) is 1.53. The average Bonchev–Trinajstić information content (AvgIpc) is 2.36. The minimum atomic E-state index is 0.578. The highest BCUT2D eigenvalue weighted by molar-refractivity contribution is 9.10. The van der Waals surface area contributed by atoms with Crippen molar-refractivity contribution in [3.63, 3.8) is 0 Å². The highest BCUT2D eigenvalue weighted by atomic mass is 79.9. The van der Waals surface area contributed by atoms with Crippen molar-refractivity contribution in [3.05, 3.63) is 55.9 Å². The van der Waals surface area contributed by atoms with E-state index in [2.05, 4.69) is 31.9 Å². The first-order chi connectivity index (χ1) is 9.10. The molecule has 2 aromatic carbocycles. The molecule has 0 saturated heterocycles. The summed E-state index contributed by atoms with van der Waals surface area (Å²) in [5, 5.41) is 0.664. The second kappa shape index (κ2) is 6.75. The molecule has 0 amide bonds. The molecule has 0 spiro atoms. The molecule has 0 aliphatic heterocycles. The van der Waals surface area contributed by atoms with Gasteiger partial charge in [-0.2, -0.15) is 0 Å². The van der Waals surface area contributed by atoms with Crippen molar-refractivity contribution >= 4 is 43.5 Å². The van der Waals surface area contributed by atoms with Crippen molar-refractivity contribution in [2.75, 3.05) is 6.54 Å². The van der Waals surface area contributed by atoms with E-state index in [4.69, 9.17) is 22.1 Å². The van der Waals surface area contributed by atoms with Gasteiger partial charge < -0.3 is 10.5 Å². The van der Waals surface area contributed by atoms with Crippen molar-refractivity contribution in [1.29, 1.82) is 0 Å². The van der Waals surface area contributed by atoms with Gasteiger partial charge in [-0.1, -0.05) is 27.5 Å². The fraction of sp³-hybridized carbons (Fsp3) is 0.143. The van der Waals surface area contributed by atoms with Crippen LogP contribution in [0, 0.1) is 0 Å². The van der Waals surface area contributed by atoms with Crippen LogP contribution in [0.15, 0.2) is 45.3 Å². The molecule has 5 heteroatoms. The van der Waals surface area contributed by atoms with E-state index in [-0.39, 0.29) is 0 Å². The Kier molecular flexibility index (Phi) is 5.28. The Bertz CT molecular complexity index is 590. The molecule has 0 aliphatic rings. The van der Waals surface area contributed by atoms with E-state index in [9.17, 15) is 0 Å². The van der Waals surface area contributed by atoms with Gasteiger partial charge in [-0.3, -0.25) is 0 Å². The molecule has 2 aromatic rings. The maximum Gasteiger partial charge on any atom is 0.141 e. The van der Waals surface area contributed by atoms with Crippen LogP contribution in [0.1, 0.15) is 5.56 Å². The molecule has 2 rings (SSSR count). The lowest BCUT2D eigenvalue weighted by Gasteiger charge is -2.12. The molecular formula is C14H12Br2ClNO. The first kappa shape index (κ1) is 14.9. The fourth-order valence-electron chi connectivity index (χ4n) is 1.67. The molecule has 0 fully saturated rings. The van der Waals surface area contributed by atoms with Crippen LogP contribution in [0.3, 0.4) is 0 Å². The molecular weight excluding hydrogens is 393 g/mol. The smallest absolute Gasteiger partial charge is 0.141 e. The van der Waals surface area contributed by atoms with Crippen molar-refractivity contribution < 1.29 is 4.74 Å². The second-order valence-corrected chi connectivity index (χ2v) is 6.17. The van der Waals surface area contributed by atoms with E-state index in [1.54, 1.807) is 12.1 Å². The largest absolute Gasteiger partial charge is 0.456 e. The van der Waals surface area contributed by atoms with Gasteiger partial charge in [-0.15, -0.1) is 0 Å². The molecule has 0 radical (unpaired) electrons. The lowest BCUT2D eigenvalue weighted by Crippen LogP contribution is -2.04. The van der Waals surface area contributed by atoms with Crippen LogP contribution in [0.4, 0.5) is 0 Å². The molecule has 19 heavy (non-hydrogen) atoms. The van der Waals surface area contributed by atoms with E-state index in [0.717, 1.165) is 32.4 Å². The zero-order valence-electron chi connectivity index (χ0n) is 10.00. The summed E-state index contributed by atoms with van der Waals surface area (Å²) in [4.78, 5) is 0. The van der Waals surface area contributed by atoms with Gasteiger partial charge in [-0.05, 0) is 70.9 Å². The van der Waals surface area contributed by atoms with Gasteiger partial charge >= 0.3 is 0 Å². The Hall–Kier alpha value is -0.550. The normalized spacial score (nSPS) is 10.5. The van der Waals surface area contributed by atoms with E-state index >= 15 is 0 Å². The summed E-state index contributed by atoms with van der Waals surface area (Å²) in [5.41, 5.74) is 6.69. The third-order valence-corrected chi connectivity index (χ3v) is 3.90. The zero-order valence-corrected chi connectivity index (χ0v) is 13.9. The Morgan fingerprint density at radius 3 is 2.47 bits per heavy atom. The maximum absolute atomic E-state index is 5.92. The van der Waals surface area contributed by atoms with Gasteiger partial charge in [0.1, 0.15) is 11.5 Å². The summed E-state index contributed by atoms with van der Waals surface area (Å²) in [6.45, 7) is 0.578. The standard InChI is InChI=1S/C14H12Br2ClNO/c15-10-1-3-13(9(7-10)5-6-18)19-14-4-2-11(17)8-12(14)16/h1-4,7-8H,5-6,18H2. The van der Waals surface area contributed by atoms with E-state index in [0.29, 0.717) is 11.6 Å². The van der Waals surface area contributed by atoms with Gasteiger partial charge in [-0.25, -0.2) is 0 Å². The lowest BCUT2D eigenvalue weighted by molar-refractivity contribution is 0.473. The van der Waals surface area contributed by atoms with Crippen LogP contribution in [-0.2, 0) is 6.42 Å². The van der Waals surface area contributed by atoms with Crippen LogP contribution in [0.5, 0.6) is 11.5 Å². The molecule has 100 valence electrons. The number of benzene rings is 2. The third kappa shape index (κ3) is 3.96. The lowest BCUT2D eigenvalue weighted by atomic mass is 10.1. The second-order valence-electron chi connectivity index (χ2n) is 3.97. The summed E-state index contributed by atoms with van der Waals surface area (Å²) in [6, 6.07) is 11.3. The van der Waals surface area contributed by atoms with E-state index in [1.165, 1.54) is 0 Å². The Morgan fingerprint density at radius 1 is 1.05 bits per heavy atom. The van der Waals surface area contributed by atoms with Crippen molar-refractivity contribution in [2.24, 2.45) is 5.73 Å². The number of rotatable bonds is 4. The van der Waals surface area contributed by atoms with Crippen molar-refractivity contribution in [2.45, 2.75) is 6.42 Å². The molecule has 0 aliphatic carbocycles. The topological polar surface area (TPSA) is 35.2 Å². The number of halogens is 3. The molecule has 0 heterocycles. The van der Waals surface area contributed by atoms with Crippen LogP contribution < -0.4 is 10.5 Å². The highest BCUT2D eigenvalue weighted by Crippen LogP contribution is 2.34. The molecule has 0 atom stereocenters. The third-order valence-electron chi connectivity index (χ3n) is 2.55. The van der Waals surface area contributed by atoms with Crippen molar-refractivity contribution in [3.8, 4) is 11.5 Å². The summed E-state index contributed by atoms with van der Waals surface area (Å²) >= 11 is 12.8. The fourth-order valence-corrected chi connectivity index (χ4v) is 2.85. The minimum absolute atomic E-state index is 0.578. The molecule has 0 bridgehead atoms. The van der Waals surface area contributed by atoms with Gasteiger partial charge in [0, 0.05) is 9.50 Å². The monoisotopic (exact) mass is 403 g/mol. The molecule has 2 N–H and O–H groups in total. The first-order valence-electron chi connectivity index (χ1n) is 5.71. The SMILES string of the molecule is NCCc1cc(Br)ccc1Oc1ccc(Cl)cc1Br. The van der Waals surface area contributed by atoms with E-state index < -0.39 is 0 Å². The predicted octanol–water partition coefficient (Wildman–Crippen LogP) is 5.16. The van der Waals surface area contributed by atoms with Gasteiger partial charge in [0.2, 0.25) is 0 Å². The highest BCUT2D eigenvalue weighted by Gasteiger charge is 2.08. The number of hydrogen-bond acceptors (Lipinski definition) is 2. The maximum atomic E-state index is 5.92. The summed E-state index contributed by atoms with van der Waals surface area (Å²) < 4.78 is 7.75. The van der Waals surface area contributed by atoms with Crippen LogP contribution in [-0.4, -0.2) is 6.54 Å². The number of hydrogen-bond donors (Lipinski definition) is 1. The van der Waals surface area contributed by atoms with Crippen LogP contribution >= 0.6 is 43.5 Å². The molecule has 0 saturated carbocycles. The molecule has 2 nitrogen and oxygen atoms in total. The first-order valence-corrected chi connectivity index (χ1v) is 7.68. The predicted molar refractivity (Wildman–Crippen MR) is 86.1 cm³/mol. The van der Waals surface area contributed by atoms with Crippen LogP contribution in [0.2, 0.25) is 5.02 Å². The van der Waals surface area contributed by atoms with E-state index in [1.807, 2.05) is 24.3 Å². The van der Waals surface area contributed by atoms with Crippen LogP contribution in [0.25, 0.3) is 0 Å². The summed E-state index contributed by atoms with van der Waals surface area (Å²) in [6.07, 6.45) is 0.764. The van der Waals surface area contributed by atoms with Gasteiger partial charge in [0.05, 0.1) is 4.47 Å². The molecule has 0 aromatic heterocycles. The minimum Gasteiger partial charge on any atom is -0.456 e. The number of nitrogens with two attached hydrogens (primary N) is 1. The zero-order chi connectivity index (χ0) is 13.8. The number of ether oxygens (including phenoxy) is 1. The Labute approximate surface area is 134 Å². The Balaban J connectivity index is 2.32. The summed E-state index contributed by atoms with van der Waals surface area (Å²) in [7, 11) is 0. The Morgan fingerprint density at radius 2 is 1.79 bits per heavy atom. The van der Waals surface area contributed by atoms with Gasteiger partial charge in [0.15, 0.2) is 0 Å².